The maximum Gasteiger partial charge on any atom is 0.218 e. The van der Waals surface area contributed by atoms with Crippen LogP contribution in [0.25, 0.3) is 0 Å². The van der Waals surface area contributed by atoms with Crippen LogP contribution in [-0.4, -0.2) is 52.9 Å². The van der Waals surface area contributed by atoms with Gasteiger partial charge >= 0.3 is 0 Å². The number of rotatable bonds is 5. The van der Waals surface area contributed by atoms with Crippen molar-refractivity contribution < 1.29 is 8.95 Å². The quantitative estimate of drug-likeness (QED) is 0.829. The van der Waals surface area contributed by atoms with E-state index in [1.54, 1.807) is 18.8 Å². The van der Waals surface area contributed by atoms with E-state index in [0.717, 1.165) is 31.7 Å². The van der Waals surface area contributed by atoms with Gasteiger partial charge < -0.3 is 9.64 Å². The van der Waals surface area contributed by atoms with Crippen molar-refractivity contribution in [1.82, 2.24) is 9.97 Å². The van der Waals surface area contributed by atoms with E-state index < -0.39 is 9.73 Å². The molecule has 21 heavy (non-hydrogen) atoms. The summed E-state index contributed by atoms with van der Waals surface area (Å²) in [6.07, 6.45) is 7.03. The van der Waals surface area contributed by atoms with Gasteiger partial charge in [0.2, 0.25) is 5.88 Å². The van der Waals surface area contributed by atoms with Gasteiger partial charge in [-0.1, -0.05) is 0 Å². The van der Waals surface area contributed by atoms with Gasteiger partial charge in [-0.2, -0.15) is 0 Å². The molecule has 0 amide bonds. The fraction of sp³-hybridized carbons (Fsp3) is 0.714. The van der Waals surface area contributed by atoms with E-state index in [4.69, 9.17) is 4.74 Å². The molecular weight excluding hydrogens is 288 g/mol. The van der Waals surface area contributed by atoms with Crippen LogP contribution in [0.5, 0.6) is 5.88 Å². The first-order chi connectivity index (χ1) is 9.98. The second-order valence-corrected chi connectivity index (χ2v) is 8.19. The van der Waals surface area contributed by atoms with E-state index in [1.807, 2.05) is 13.0 Å². The third-order valence-corrected chi connectivity index (χ3v) is 4.27. The van der Waals surface area contributed by atoms with E-state index in [1.165, 1.54) is 0 Å². The Balaban J connectivity index is 1.92. The maximum absolute atomic E-state index is 11.6. The van der Waals surface area contributed by atoms with E-state index >= 15 is 0 Å². The summed E-state index contributed by atoms with van der Waals surface area (Å²) in [7, 11) is -1.98. The zero-order valence-electron chi connectivity index (χ0n) is 13.0. The first kappa shape index (κ1) is 16.0. The monoisotopic (exact) mass is 312 g/mol. The number of nitrogens with zero attached hydrogens (tertiary/aromatic N) is 4. The van der Waals surface area contributed by atoms with Crippen LogP contribution in [0, 0.1) is 5.92 Å². The molecule has 0 saturated carbocycles. The highest BCUT2D eigenvalue weighted by atomic mass is 32.2. The fourth-order valence-corrected chi connectivity index (χ4v) is 2.93. The average Bonchev–Trinajstić information content (AvgIpc) is 2.46. The molecule has 7 heteroatoms. The minimum Gasteiger partial charge on any atom is -0.478 e. The van der Waals surface area contributed by atoms with Crippen LogP contribution in [0.2, 0.25) is 0 Å². The molecule has 1 fully saturated rings. The maximum atomic E-state index is 11.6. The lowest BCUT2D eigenvalue weighted by atomic mass is 9.97. The molecule has 2 heterocycles. The van der Waals surface area contributed by atoms with Crippen LogP contribution in [-0.2, 0) is 9.73 Å². The molecule has 0 N–H and O–H groups in total. The molecular formula is C14H24N4O2S. The third kappa shape index (κ3) is 5.15. The van der Waals surface area contributed by atoms with Crippen molar-refractivity contribution in [2.45, 2.75) is 19.8 Å². The van der Waals surface area contributed by atoms with E-state index in [2.05, 4.69) is 19.2 Å². The van der Waals surface area contributed by atoms with Crippen molar-refractivity contribution in [2.24, 2.45) is 10.3 Å². The predicted molar refractivity (Wildman–Crippen MR) is 85.4 cm³/mol. The van der Waals surface area contributed by atoms with E-state index in [9.17, 15) is 4.21 Å². The lowest BCUT2D eigenvalue weighted by Crippen LogP contribution is -2.35. The van der Waals surface area contributed by atoms with Crippen molar-refractivity contribution in [1.29, 1.82) is 0 Å². The van der Waals surface area contributed by atoms with Gasteiger partial charge in [-0.25, -0.2) is 14.3 Å². The molecule has 1 aromatic heterocycles. The largest absolute Gasteiger partial charge is 0.478 e. The molecule has 0 spiro atoms. The molecule has 0 bridgehead atoms. The minimum absolute atomic E-state index is 0.523. The van der Waals surface area contributed by atoms with E-state index in [0.29, 0.717) is 24.9 Å². The smallest absolute Gasteiger partial charge is 0.218 e. The molecule has 2 rings (SSSR count). The summed E-state index contributed by atoms with van der Waals surface area (Å²) in [5.74, 6) is 2.06. The van der Waals surface area contributed by atoms with Crippen molar-refractivity contribution in [3.63, 3.8) is 0 Å². The first-order valence-electron chi connectivity index (χ1n) is 7.30. The number of hydrogen-bond acceptors (Lipinski definition) is 6. The Labute approximate surface area is 127 Å². The second kappa shape index (κ2) is 7.06. The molecule has 0 radical (unpaired) electrons. The summed E-state index contributed by atoms with van der Waals surface area (Å²) < 4.78 is 21.3. The molecule has 0 aliphatic carbocycles. The van der Waals surface area contributed by atoms with Crippen LogP contribution < -0.4 is 9.64 Å². The van der Waals surface area contributed by atoms with Gasteiger partial charge in [0.05, 0.1) is 13.2 Å². The van der Waals surface area contributed by atoms with Gasteiger partial charge in [0, 0.05) is 41.4 Å². The summed E-state index contributed by atoms with van der Waals surface area (Å²) in [5, 5.41) is 0. The molecule has 0 unspecified atom stereocenters. The normalized spacial score (nSPS) is 16.8. The second-order valence-electron chi connectivity index (χ2n) is 5.57. The van der Waals surface area contributed by atoms with Crippen LogP contribution >= 0.6 is 0 Å². The van der Waals surface area contributed by atoms with Crippen LogP contribution in [0.15, 0.2) is 16.8 Å². The Morgan fingerprint density at radius 1 is 1.38 bits per heavy atom. The number of hydrogen-bond donors (Lipinski definition) is 0. The molecule has 0 atom stereocenters. The van der Waals surface area contributed by atoms with Gasteiger partial charge in [-0.3, -0.25) is 4.21 Å². The Morgan fingerprint density at radius 2 is 2.10 bits per heavy atom. The molecule has 1 aromatic rings. The van der Waals surface area contributed by atoms with E-state index in [-0.39, 0.29) is 0 Å². The zero-order chi connectivity index (χ0) is 15.3. The summed E-state index contributed by atoms with van der Waals surface area (Å²) in [5.41, 5.74) is 0. The van der Waals surface area contributed by atoms with Crippen molar-refractivity contribution >= 4 is 15.5 Å². The molecule has 1 aliphatic rings. The number of aromatic nitrogens is 2. The number of anilines is 1. The number of ether oxygens (including phenoxy) is 1. The van der Waals surface area contributed by atoms with Crippen molar-refractivity contribution in [3.8, 4) is 5.88 Å². The number of piperidine rings is 1. The first-order valence-corrected chi connectivity index (χ1v) is 9.64. The SMILES string of the molecule is CCOc1cc(N2CCC(CN=S(C)(C)=O)CC2)ncn1. The fourth-order valence-electron chi connectivity index (χ4n) is 2.36. The van der Waals surface area contributed by atoms with Crippen LogP contribution in [0.4, 0.5) is 5.82 Å². The van der Waals surface area contributed by atoms with Gasteiger partial charge in [0.25, 0.3) is 0 Å². The van der Waals surface area contributed by atoms with Gasteiger partial charge in [-0.15, -0.1) is 0 Å². The zero-order valence-corrected chi connectivity index (χ0v) is 13.8. The van der Waals surface area contributed by atoms with Gasteiger partial charge in [-0.05, 0) is 25.7 Å². The Morgan fingerprint density at radius 3 is 2.71 bits per heavy atom. The molecule has 1 saturated heterocycles. The third-order valence-electron chi connectivity index (χ3n) is 3.50. The van der Waals surface area contributed by atoms with Crippen molar-refractivity contribution in [3.05, 3.63) is 12.4 Å². The minimum atomic E-state index is -1.98. The average molecular weight is 312 g/mol. The lowest BCUT2D eigenvalue weighted by molar-refractivity contribution is 0.326. The standard InChI is InChI=1S/C14H24N4O2S/c1-4-20-14-9-13(15-11-16-14)18-7-5-12(6-8-18)10-17-21(2,3)19/h9,11-12H,4-8,10H2,1-3H3. The molecule has 0 aromatic carbocycles. The van der Waals surface area contributed by atoms with Crippen LogP contribution in [0.1, 0.15) is 19.8 Å². The Bertz CT molecular complexity index is 568. The van der Waals surface area contributed by atoms with Gasteiger partial charge in [0.15, 0.2) is 0 Å². The molecule has 1 aliphatic heterocycles. The highest BCUT2D eigenvalue weighted by molar-refractivity contribution is 7.92. The molecule has 118 valence electrons. The summed E-state index contributed by atoms with van der Waals surface area (Å²) in [4.78, 5) is 10.7. The van der Waals surface area contributed by atoms with Crippen LogP contribution in [0.3, 0.4) is 0 Å². The topological polar surface area (TPSA) is 67.7 Å². The molecule has 6 nitrogen and oxygen atoms in total. The lowest BCUT2D eigenvalue weighted by Gasteiger charge is -2.32. The Kier molecular flexibility index (Phi) is 5.39. The van der Waals surface area contributed by atoms with Gasteiger partial charge in [0.1, 0.15) is 12.1 Å². The van der Waals surface area contributed by atoms with Crippen molar-refractivity contribution in [2.75, 3.05) is 43.7 Å². The predicted octanol–water partition coefficient (Wildman–Crippen LogP) is 1.82. The summed E-state index contributed by atoms with van der Waals surface area (Å²) in [6.45, 7) is 5.13. The highest BCUT2D eigenvalue weighted by Crippen LogP contribution is 2.23. The highest BCUT2D eigenvalue weighted by Gasteiger charge is 2.20. The Hall–Kier alpha value is -1.37. The summed E-state index contributed by atoms with van der Waals surface area (Å²) in [6, 6.07) is 1.89. The summed E-state index contributed by atoms with van der Waals surface area (Å²) >= 11 is 0.